The second-order valence-electron chi connectivity index (χ2n) is 6.89. The molecule has 3 rings (SSSR count). The molecule has 1 fully saturated rings. The molecule has 1 aromatic carbocycles. The van der Waals surface area contributed by atoms with Crippen LogP contribution in [-0.4, -0.2) is 41.9 Å². The first kappa shape index (κ1) is 19.7. The summed E-state index contributed by atoms with van der Waals surface area (Å²) in [5.41, 5.74) is 2.63. The Morgan fingerprint density at radius 3 is 2.75 bits per heavy atom. The number of aliphatic imine (C=N–C) groups is 1. The SMILES string of the molecule is C=C(/N=C(\OC)[C@H]1CCCN(C(=O)c2ccc(F)cc2C)C1)c1ccncc1. The largest absolute Gasteiger partial charge is 0.484 e. The van der Waals surface area contributed by atoms with Gasteiger partial charge in [0.2, 0.25) is 0 Å². The number of nitrogens with zero attached hydrogens (tertiary/aromatic N) is 3. The number of aromatic nitrogens is 1. The van der Waals surface area contributed by atoms with Crippen molar-refractivity contribution < 1.29 is 13.9 Å². The number of piperidine rings is 1. The van der Waals surface area contributed by atoms with Gasteiger partial charge in [0.25, 0.3) is 5.91 Å². The van der Waals surface area contributed by atoms with Gasteiger partial charge in [-0.05, 0) is 55.7 Å². The van der Waals surface area contributed by atoms with Crippen molar-refractivity contribution in [2.45, 2.75) is 19.8 Å². The molecule has 1 amide bonds. The number of methoxy groups -OCH3 is 1. The molecule has 1 saturated heterocycles. The molecular weight excluding hydrogens is 357 g/mol. The molecule has 2 aromatic rings. The van der Waals surface area contributed by atoms with E-state index < -0.39 is 0 Å². The van der Waals surface area contributed by atoms with Gasteiger partial charge in [0, 0.05) is 36.6 Å². The monoisotopic (exact) mass is 381 g/mol. The van der Waals surface area contributed by atoms with Crippen LogP contribution in [0.5, 0.6) is 0 Å². The smallest absolute Gasteiger partial charge is 0.254 e. The molecule has 0 N–H and O–H groups in total. The highest BCUT2D eigenvalue weighted by molar-refractivity contribution is 5.96. The third kappa shape index (κ3) is 4.44. The number of halogens is 1. The van der Waals surface area contributed by atoms with Crippen molar-refractivity contribution in [3.05, 3.63) is 71.8 Å². The zero-order valence-corrected chi connectivity index (χ0v) is 16.2. The molecular formula is C22H24FN3O2. The Morgan fingerprint density at radius 1 is 1.32 bits per heavy atom. The maximum Gasteiger partial charge on any atom is 0.254 e. The lowest BCUT2D eigenvalue weighted by Crippen LogP contribution is -2.43. The summed E-state index contributed by atoms with van der Waals surface area (Å²) < 4.78 is 18.9. The number of carbonyl (C=O) groups is 1. The predicted molar refractivity (Wildman–Crippen MR) is 107 cm³/mol. The van der Waals surface area contributed by atoms with E-state index in [4.69, 9.17) is 4.74 Å². The van der Waals surface area contributed by atoms with Gasteiger partial charge in [-0.2, -0.15) is 0 Å². The second kappa shape index (κ2) is 8.78. The molecule has 28 heavy (non-hydrogen) atoms. The van der Waals surface area contributed by atoms with E-state index >= 15 is 0 Å². The summed E-state index contributed by atoms with van der Waals surface area (Å²) in [6, 6.07) is 7.94. The topological polar surface area (TPSA) is 54.8 Å². The number of carbonyl (C=O) groups excluding carboxylic acids is 1. The van der Waals surface area contributed by atoms with Crippen LogP contribution in [-0.2, 0) is 4.74 Å². The van der Waals surface area contributed by atoms with E-state index in [1.54, 1.807) is 37.4 Å². The normalized spacial score (nSPS) is 17.3. The van der Waals surface area contributed by atoms with Crippen molar-refractivity contribution in [2.24, 2.45) is 10.9 Å². The average Bonchev–Trinajstić information content (AvgIpc) is 2.72. The lowest BCUT2D eigenvalue weighted by Gasteiger charge is -2.33. The molecule has 5 nitrogen and oxygen atoms in total. The van der Waals surface area contributed by atoms with Crippen LogP contribution in [0.2, 0.25) is 0 Å². The fourth-order valence-corrected chi connectivity index (χ4v) is 3.45. The van der Waals surface area contributed by atoms with Gasteiger partial charge in [-0.15, -0.1) is 0 Å². The Labute approximate surface area is 164 Å². The van der Waals surface area contributed by atoms with Gasteiger partial charge < -0.3 is 9.64 Å². The number of ether oxygens (including phenoxy) is 1. The van der Waals surface area contributed by atoms with Gasteiger partial charge in [-0.3, -0.25) is 9.78 Å². The Bertz CT molecular complexity index is 896. The minimum atomic E-state index is -0.339. The first-order valence-electron chi connectivity index (χ1n) is 9.27. The summed E-state index contributed by atoms with van der Waals surface area (Å²) in [5.74, 6) is 0.122. The maximum absolute atomic E-state index is 13.4. The van der Waals surface area contributed by atoms with E-state index in [0.717, 1.165) is 18.4 Å². The number of rotatable bonds is 4. The number of pyridine rings is 1. The van der Waals surface area contributed by atoms with Gasteiger partial charge in [0.05, 0.1) is 18.7 Å². The van der Waals surface area contributed by atoms with Gasteiger partial charge in [-0.25, -0.2) is 9.38 Å². The zero-order valence-electron chi connectivity index (χ0n) is 16.2. The van der Waals surface area contributed by atoms with E-state index in [9.17, 15) is 9.18 Å². The van der Waals surface area contributed by atoms with Crippen LogP contribution in [0.1, 0.15) is 34.3 Å². The number of benzene rings is 1. The lowest BCUT2D eigenvalue weighted by atomic mass is 9.96. The van der Waals surface area contributed by atoms with Crippen LogP contribution in [0.3, 0.4) is 0 Å². The lowest BCUT2D eigenvalue weighted by molar-refractivity contribution is 0.0694. The minimum Gasteiger partial charge on any atom is -0.484 e. The maximum atomic E-state index is 13.4. The first-order chi connectivity index (χ1) is 13.5. The summed E-state index contributed by atoms with van der Waals surface area (Å²) >= 11 is 0. The fourth-order valence-electron chi connectivity index (χ4n) is 3.45. The van der Waals surface area contributed by atoms with Gasteiger partial charge >= 0.3 is 0 Å². The quantitative estimate of drug-likeness (QED) is 0.592. The van der Waals surface area contributed by atoms with Crippen molar-refractivity contribution in [2.75, 3.05) is 20.2 Å². The first-order valence-corrected chi connectivity index (χ1v) is 9.27. The Balaban J connectivity index is 1.76. The van der Waals surface area contributed by atoms with E-state index in [0.29, 0.717) is 35.8 Å². The fraction of sp³-hybridized carbons (Fsp3) is 0.318. The Morgan fingerprint density at radius 2 is 2.07 bits per heavy atom. The average molecular weight is 381 g/mol. The number of hydrogen-bond acceptors (Lipinski definition) is 4. The van der Waals surface area contributed by atoms with Crippen molar-refractivity contribution in [1.29, 1.82) is 0 Å². The third-order valence-corrected chi connectivity index (χ3v) is 4.94. The summed E-state index contributed by atoms with van der Waals surface area (Å²) in [4.78, 5) is 23.3. The van der Waals surface area contributed by atoms with Gasteiger partial charge in [0.15, 0.2) is 5.90 Å². The van der Waals surface area contributed by atoms with Crippen LogP contribution in [0.4, 0.5) is 4.39 Å². The summed E-state index contributed by atoms with van der Waals surface area (Å²) in [5, 5.41) is 0. The van der Waals surface area contributed by atoms with Crippen molar-refractivity contribution >= 4 is 17.5 Å². The minimum absolute atomic E-state index is 0.0120. The third-order valence-electron chi connectivity index (χ3n) is 4.94. The molecule has 6 heteroatoms. The van der Waals surface area contributed by atoms with Crippen LogP contribution < -0.4 is 0 Å². The molecule has 0 radical (unpaired) electrons. The molecule has 1 aliphatic heterocycles. The number of aryl methyl sites for hydroxylation is 1. The number of hydrogen-bond donors (Lipinski definition) is 0. The van der Waals surface area contributed by atoms with Crippen molar-refractivity contribution in [3.8, 4) is 0 Å². The zero-order chi connectivity index (χ0) is 20.1. The second-order valence-corrected chi connectivity index (χ2v) is 6.89. The van der Waals surface area contributed by atoms with Crippen LogP contribution >= 0.6 is 0 Å². The molecule has 0 saturated carbocycles. The van der Waals surface area contributed by atoms with Crippen molar-refractivity contribution in [1.82, 2.24) is 9.88 Å². The Kier molecular flexibility index (Phi) is 6.19. The van der Waals surface area contributed by atoms with Gasteiger partial charge in [0.1, 0.15) is 5.82 Å². The van der Waals surface area contributed by atoms with E-state index in [1.807, 2.05) is 12.1 Å². The van der Waals surface area contributed by atoms with Gasteiger partial charge in [-0.1, -0.05) is 6.58 Å². The molecule has 2 heterocycles. The standard InChI is InChI=1S/C22H24FN3O2/c1-15-13-19(23)6-7-20(15)22(27)26-12-4-5-18(14-26)21(28-3)25-16(2)17-8-10-24-11-9-17/h6-11,13,18H,2,4-5,12,14H2,1,3H3/b25-21-/t18-/m0/s1. The highest BCUT2D eigenvalue weighted by Gasteiger charge is 2.29. The van der Waals surface area contributed by atoms with E-state index in [1.165, 1.54) is 12.1 Å². The summed E-state index contributed by atoms with van der Waals surface area (Å²) in [6.45, 7) is 6.93. The van der Waals surface area contributed by atoms with Crippen molar-refractivity contribution in [3.63, 3.8) is 0 Å². The predicted octanol–water partition coefficient (Wildman–Crippen LogP) is 4.10. The number of likely N-dealkylation sites (tertiary alicyclic amines) is 1. The highest BCUT2D eigenvalue weighted by Crippen LogP contribution is 2.24. The van der Waals surface area contributed by atoms with Crippen LogP contribution in [0.25, 0.3) is 5.70 Å². The molecule has 146 valence electrons. The van der Waals surface area contributed by atoms with E-state index in [2.05, 4.69) is 16.6 Å². The van der Waals surface area contributed by atoms with Crippen LogP contribution in [0.15, 0.2) is 54.3 Å². The highest BCUT2D eigenvalue weighted by atomic mass is 19.1. The Hall–Kier alpha value is -3.02. The molecule has 0 bridgehead atoms. The molecule has 0 aliphatic carbocycles. The van der Waals surface area contributed by atoms with Crippen LogP contribution in [0, 0.1) is 18.7 Å². The van der Waals surface area contributed by atoms with E-state index in [-0.39, 0.29) is 17.6 Å². The molecule has 1 aromatic heterocycles. The molecule has 0 unspecified atom stereocenters. The molecule has 1 aliphatic rings. The summed E-state index contributed by atoms with van der Waals surface area (Å²) in [6.07, 6.45) is 5.10. The number of amides is 1. The summed E-state index contributed by atoms with van der Waals surface area (Å²) in [7, 11) is 1.59. The molecule has 1 atom stereocenters. The molecule has 0 spiro atoms.